The summed E-state index contributed by atoms with van der Waals surface area (Å²) in [5.41, 5.74) is 8.51. The molecule has 3 N–H and O–H groups in total. The number of nitrogens with two attached hydrogens (primary N) is 1. The van der Waals surface area contributed by atoms with Gasteiger partial charge >= 0.3 is 0 Å². The van der Waals surface area contributed by atoms with Crippen LogP contribution in [-0.4, -0.2) is 10.9 Å². The second-order valence-corrected chi connectivity index (χ2v) is 5.19. The number of nitrogens with one attached hydrogen (secondary N) is 1. The molecule has 0 spiro atoms. The molecule has 0 saturated carbocycles. The summed E-state index contributed by atoms with van der Waals surface area (Å²) in [4.78, 5) is 16.5. The molecule has 0 fully saturated rings. The quantitative estimate of drug-likeness (QED) is 0.828. The highest BCUT2D eigenvalue weighted by atomic mass is 35.5. The lowest BCUT2D eigenvalue weighted by molar-refractivity contribution is 0.102. The molecule has 0 radical (unpaired) electrons. The van der Waals surface area contributed by atoms with Crippen LogP contribution in [0.4, 0.5) is 11.4 Å². The summed E-state index contributed by atoms with van der Waals surface area (Å²) >= 11 is 11.9. The zero-order chi connectivity index (χ0) is 14.9. The predicted molar refractivity (Wildman–Crippen MR) is 82.5 cm³/mol. The molecule has 104 valence electrons. The van der Waals surface area contributed by atoms with Crippen LogP contribution >= 0.6 is 23.2 Å². The minimum absolute atomic E-state index is 0.177. The SMILES string of the molecule is Cc1ccc(NC(=O)c2cc(N)cc(Cl)c2Cl)c(C)n1. The fourth-order valence-corrected chi connectivity index (χ4v) is 2.21. The summed E-state index contributed by atoms with van der Waals surface area (Å²) in [5, 5.41) is 3.17. The van der Waals surface area contributed by atoms with E-state index in [9.17, 15) is 4.79 Å². The number of anilines is 2. The van der Waals surface area contributed by atoms with Crippen LogP contribution in [0.1, 0.15) is 21.7 Å². The van der Waals surface area contributed by atoms with E-state index in [1.54, 1.807) is 6.07 Å². The van der Waals surface area contributed by atoms with Gasteiger partial charge in [0.1, 0.15) is 0 Å². The normalized spacial score (nSPS) is 10.4. The fourth-order valence-electron chi connectivity index (χ4n) is 1.78. The van der Waals surface area contributed by atoms with Crippen LogP contribution in [0.25, 0.3) is 0 Å². The van der Waals surface area contributed by atoms with E-state index < -0.39 is 0 Å². The molecule has 0 aliphatic carbocycles. The van der Waals surface area contributed by atoms with E-state index in [0.29, 0.717) is 11.4 Å². The fraction of sp³-hybridized carbons (Fsp3) is 0.143. The average Bonchev–Trinajstić information content (AvgIpc) is 2.37. The molecule has 6 heteroatoms. The first-order valence-corrected chi connectivity index (χ1v) is 6.64. The van der Waals surface area contributed by atoms with Gasteiger partial charge in [0, 0.05) is 11.4 Å². The molecule has 1 amide bonds. The van der Waals surface area contributed by atoms with E-state index in [2.05, 4.69) is 10.3 Å². The van der Waals surface area contributed by atoms with Crippen LogP contribution in [0.15, 0.2) is 24.3 Å². The molecule has 0 unspecified atom stereocenters. The first-order valence-electron chi connectivity index (χ1n) is 5.88. The van der Waals surface area contributed by atoms with E-state index in [0.717, 1.165) is 11.4 Å². The number of halogens is 2. The number of amides is 1. The lowest BCUT2D eigenvalue weighted by atomic mass is 10.1. The number of rotatable bonds is 2. The van der Waals surface area contributed by atoms with Gasteiger partial charge < -0.3 is 11.1 Å². The van der Waals surface area contributed by atoms with Gasteiger partial charge in [-0.1, -0.05) is 23.2 Å². The molecule has 0 bridgehead atoms. The van der Waals surface area contributed by atoms with Gasteiger partial charge in [0.25, 0.3) is 5.91 Å². The first kappa shape index (κ1) is 14.6. The average molecular weight is 310 g/mol. The summed E-state index contributed by atoms with van der Waals surface area (Å²) < 4.78 is 0. The molecule has 20 heavy (non-hydrogen) atoms. The topological polar surface area (TPSA) is 68.0 Å². The van der Waals surface area contributed by atoms with Gasteiger partial charge in [0.2, 0.25) is 0 Å². The monoisotopic (exact) mass is 309 g/mol. The minimum Gasteiger partial charge on any atom is -0.399 e. The van der Waals surface area contributed by atoms with E-state index in [1.807, 2.05) is 19.9 Å². The Labute approximate surface area is 126 Å². The van der Waals surface area contributed by atoms with Crippen LogP contribution < -0.4 is 11.1 Å². The third-order valence-corrected chi connectivity index (χ3v) is 3.57. The van der Waals surface area contributed by atoms with E-state index in [1.165, 1.54) is 12.1 Å². The molecule has 2 rings (SSSR count). The number of nitrogens with zero attached hydrogens (tertiary/aromatic N) is 1. The highest BCUT2D eigenvalue weighted by Gasteiger charge is 2.15. The maximum absolute atomic E-state index is 12.2. The molecular formula is C14H13Cl2N3O. The van der Waals surface area contributed by atoms with Gasteiger partial charge in [-0.05, 0) is 38.1 Å². The Kier molecular flexibility index (Phi) is 4.16. The summed E-state index contributed by atoms with van der Waals surface area (Å²) in [6.07, 6.45) is 0. The standard InChI is InChI=1S/C14H13Cl2N3O/c1-7-3-4-12(8(2)18-7)19-14(20)10-5-9(17)6-11(15)13(10)16/h3-6H,17H2,1-2H3,(H,19,20). The van der Waals surface area contributed by atoms with Crippen molar-refractivity contribution in [1.82, 2.24) is 4.98 Å². The zero-order valence-corrected chi connectivity index (χ0v) is 12.5. The molecule has 1 aromatic carbocycles. The number of aryl methyl sites for hydroxylation is 2. The lowest BCUT2D eigenvalue weighted by Crippen LogP contribution is -2.14. The molecule has 4 nitrogen and oxygen atoms in total. The Bertz CT molecular complexity index is 686. The van der Waals surface area contributed by atoms with Crippen molar-refractivity contribution in [1.29, 1.82) is 0 Å². The minimum atomic E-state index is -0.377. The lowest BCUT2D eigenvalue weighted by Gasteiger charge is -2.10. The van der Waals surface area contributed by atoms with E-state index >= 15 is 0 Å². The molecule has 0 atom stereocenters. The van der Waals surface area contributed by atoms with Gasteiger partial charge in [0.05, 0.1) is 27.0 Å². The Morgan fingerprint density at radius 3 is 2.60 bits per heavy atom. The van der Waals surface area contributed by atoms with Crippen LogP contribution in [0.5, 0.6) is 0 Å². The second-order valence-electron chi connectivity index (χ2n) is 4.40. The van der Waals surface area contributed by atoms with Crippen molar-refractivity contribution in [3.63, 3.8) is 0 Å². The van der Waals surface area contributed by atoms with Crippen molar-refractivity contribution in [2.75, 3.05) is 11.1 Å². The molecule has 0 aliphatic heterocycles. The van der Waals surface area contributed by atoms with Gasteiger partial charge in [-0.25, -0.2) is 0 Å². The smallest absolute Gasteiger partial charge is 0.257 e. The maximum Gasteiger partial charge on any atom is 0.257 e. The number of hydrogen-bond acceptors (Lipinski definition) is 3. The number of nitrogen functional groups attached to an aromatic ring is 1. The number of aromatic nitrogens is 1. The second kappa shape index (κ2) is 5.69. The van der Waals surface area contributed by atoms with Crippen molar-refractivity contribution in [3.8, 4) is 0 Å². The summed E-state index contributed by atoms with van der Waals surface area (Å²) in [7, 11) is 0. The Morgan fingerprint density at radius 1 is 1.25 bits per heavy atom. The molecule has 1 aromatic heterocycles. The van der Waals surface area contributed by atoms with Gasteiger partial charge in [-0.15, -0.1) is 0 Å². The predicted octanol–water partition coefficient (Wildman–Crippen LogP) is 3.84. The van der Waals surface area contributed by atoms with Crippen LogP contribution in [-0.2, 0) is 0 Å². The van der Waals surface area contributed by atoms with Crippen molar-refractivity contribution < 1.29 is 4.79 Å². The number of benzene rings is 1. The Morgan fingerprint density at radius 2 is 1.95 bits per heavy atom. The Balaban J connectivity index is 2.33. The first-order chi connectivity index (χ1) is 9.38. The highest BCUT2D eigenvalue weighted by molar-refractivity contribution is 6.44. The van der Waals surface area contributed by atoms with Crippen molar-refractivity contribution in [2.45, 2.75) is 13.8 Å². The molecular weight excluding hydrogens is 297 g/mol. The number of carbonyl (C=O) groups excluding carboxylic acids is 1. The Hall–Kier alpha value is -1.78. The van der Waals surface area contributed by atoms with Crippen LogP contribution in [0.2, 0.25) is 10.0 Å². The van der Waals surface area contributed by atoms with Gasteiger partial charge in [-0.3, -0.25) is 9.78 Å². The zero-order valence-electron chi connectivity index (χ0n) is 11.0. The van der Waals surface area contributed by atoms with Crippen molar-refractivity contribution in [2.24, 2.45) is 0 Å². The third kappa shape index (κ3) is 3.03. The van der Waals surface area contributed by atoms with Crippen molar-refractivity contribution >= 4 is 40.5 Å². The van der Waals surface area contributed by atoms with E-state index in [4.69, 9.17) is 28.9 Å². The van der Waals surface area contributed by atoms with Gasteiger partial charge in [0.15, 0.2) is 0 Å². The third-order valence-electron chi connectivity index (χ3n) is 2.77. The summed E-state index contributed by atoms with van der Waals surface area (Å²) in [6.45, 7) is 3.70. The molecule has 2 aromatic rings. The molecule has 0 aliphatic rings. The summed E-state index contributed by atoms with van der Waals surface area (Å²) in [6, 6.07) is 6.59. The molecule has 0 saturated heterocycles. The number of carbonyl (C=O) groups is 1. The van der Waals surface area contributed by atoms with Crippen LogP contribution in [0.3, 0.4) is 0 Å². The highest BCUT2D eigenvalue weighted by Crippen LogP contribution is 2.29. The largest absolute Gasteiger partial charge is 0.399 e. The van der Waals surface area contributed by atoms with Crippen LogP contribution in [0, 0.1) is 13.8 Å². The number of hydrogen-bond donors (Lipinski definition) is 2. The number of pyridine rings is 1. The van der Waals surface area contributed by atoms with Gasteiger partial charge in [-0.2, -0.15) is 0 Å². The molecule has 1 heterocycles. The maximum atomic E-state index is 12.2. The van der Waals surface area contributed by atoms with E-state index in [-0.39, 0.29) is 21.5 Å². The van der Waals surface area contributed by atoms with Crippen molar-refractivity contribution in [3.05, 3.63) is 51.3 Å². The summed E-state index contributed by atoms with van der Waals surface area (Å²) in [5.74, 6) is -0.377.